The molecule has 1 spiro atoms. The van der Waals surface area contributed by atoms with Crippen LogP contribution >= 0.6 is 0 Å². The van der Waals surface area contributed by atoms with E-state index in [9.17, 15) is 0 Å². The molecule has 0 bridgehead atoms. The number of aromatic nitrogens is 1. The predicted octanol–water partition coefficient (Wildman–Crippen LogP) is 19.0. The van der Waals surface area contributed by atoms with Crippen LogP contribution in [-0.2, 0) is 5.41 Å². The minimum absolute atomic E-state index is 0.461. The molecule has 2 aromatic heterocycles. The number of fused-ring (bicyclic) bond motifs is 18. The highest BCUT2D eigenvalue weighted by Crippen LogP contribution is 2.64. The van der Waals surface area contributed by atoms with Crippen LogP contribution in [0.2, 0.25) is 0 Å². The van der Waals surface area contributed by atoms with Crippen molar-refractivity contribution in [2.45, 2.75) is 5.41 Å². The smallest absolute Gasteiger partial charge is 0.143 e. The third-order valence-electron chi connectivity index (χ3n) is 16.2. The van der Waals surface area contributed by atoms with Gasteiger partial charge in [0.2, 0.25) is 0 Å². The van der Waals surface area contributed by atoms with E-state index in [-0.39, 0.29) is 0 Å². The molecular weight excluding hydrogens is 897 g/mol. The number of rotatable bonds is 6. The maximum absolute atomic E-state index is 6.65. The van der Waals surface area contributed by atoms with E-state index in [4.69, 9.17) is 4.42 Å². The van der Waals surface area contributed by atoms with Gasteiger partial charge in [-0.05, 0) is 139 Å². The summed E-state index contributed by atoms with van der Waals surface area (Å²) < 4.78 is 9.05. The third-order valence-corrected chi connectivity index (χ3v) is 16.2. The Morgan fingerprint density at radius 1 is 0.338 bits per heavy atom. The zero-order chi connectivity index (χ0) is 48.5. The zero-order valence-corrected chi connectivity index (χ0v) is 40.2. The van der Waals surface area contributed by atoms with Gasteiger partial charge in [0.05, 0.1) is 22.1 Å². The van der Waals surface area contributed by atoms with Gasteiger partial charge < -0.3 is 13.9 Å². The van der Waals surface area contributed by atoms with Crippen molar-refractivity contribution < 1.29 is 4.42 Å². The number of furan rings is 1. The van der Waals surface area contributed by atoms with Crippen molar-refractivity contribution >= 4 is 71.6 Å². The quantitative estimate of drug-likeness (QED) is 0.166. The fourth-order valence-corrected chi connectivity index (χ4v) is 13.1. The highest BCUT2D eigenvalue weighted by atomic mass is 16.3. The van der Waals surface area contributed by atoms with E-state index in [0.717, 1.165) is 72.3 Å². The molecule has 0 N–H and O–H groups in total. The Bertz CT molecular complexity index is 4510. The molecule has 0 radical (unpaired) electrons. The van der Waals surface area contributed by atoms with Crippen LogP contribution in [0.1, 0.15) is 22.3 Å². The Morgan fingerprint density at radius 3 is 1.53 bits per heavy atom. The van der Waals surface area contributed by atoms with E-state index in [0.29, 0.717) is 0 Å². The van der Waals surface area contributed by atoms with Crippen LogP contribution in [0, 0.1) is 0 Å². The summed E-state index contributed by atoms with van der Waals surface area (Å²) in [6.07, 6.45) is 0. The molecule has 12 aromatic carbocycles. The summed E-state index contributed by atoms with van der Waals surface area (Å²) in [6, 6.07) is 98.3. The fourth-order valence-electron chi connectivity index (χ4n) is 13.1. The third kappa shape index (κ3) is 5.72. The largest absolute Gasteiger partial charge is 0.455 e. The molecule has 2 heterocycles. The van der Waals surface area contributed by atoms with Crippen LogP contribution in [-0.4, -0.2) is 4.57 Å². The molecule has 2 aliphatic rings. The minimum Gasteiger partial charge on any atom is -0.455 e. The number of hydrogen-bond donors (Lipinski definition) is 0. The maximum atomic E-state index is 6.65. The number of hydrogen-bond acceptors (Lipinski definition) is 2. The summed E-state index contributed by atoms with van der Waals surface area (Å²) in [5.74, 6) is 0. The van der Waals surface area contributed by atoms with Gasteiger partial charge in [0.15, 0.2) is 0 Å². The average molecular weight is 941 g/mol. The summed E-state index contributed by atoms with van der Waals surface area (Å²) in [5.41, 5.74) is 23.2. The van der Waals surface area contributed by atoms with Crippen molar-refractivity contribution in [2.75, 3.05) is 4.90 Å². The number of benzene rings is 12. The summed E-state index contributed by atoms with van der Waals surface area (Å²) >= 11 is 0. The van der Waals surface area contributed by atoms with Crippen molar-refractivity contribution in [3.05, 3.63) is 289 Å². The lowest BCUT2D eigenvalue weighted by Crippen LogP contribution is -2.26. The van der Waals surface area contributed by atoms with Crippen LogP contribution in [0.4, 0.5) is 17.1 Å². The topological polar surface area (TPSA) is 21.3 Å². The van der Waals surface area contributed by atoms with Gasteiger partial charge >= 0.3 is 0 Å². The Balaban J connectivity index is 0.853. The molecule has 3 nitrogen and oxygen atoms in total. The number of para-hydroxylation sites is 2. The van der Waals surface area contributed by atoms with Gasteiger partial charge in [-0.1, -0.05) is 194 Å². The monoisotopic (exact) mass is 940 g/mol. The highest BCUT2D eigenvalue weighted by molar-refractivity contribution is 6.15. The van der Waals surface area contributed by atoms with Crippen molar-refractivity contribution in [3.8, 4) is 50.2 Å². The SMILES string of the molecule is c1cc(-c2ccc(N(c3ccc(-c4ccc5c(c4)oc4c6ccccc6ccc54)cc3)c3cccc4c3-c3ccccc3C43c4ccccc4-c4ccccc43)cc2)cc(-n2c3ccccc3c3ccccc32)c1. The molecule has 74 heavy (non-hydrogen) atoms. The second-order valence-corrected chi connectivity index (χ2v) is 19.9. The van der Waals surface area contributed by atoms with Gasteiger partial charge in [-0.25, -0.2) is 0 Å². The van der Waals surface area contributed by atoms with Crippen LogP contribution < -0.4 is 4.90 Å². The minimum atomic E-state index is -0.461. The molecule has 16 rings (SSSR count). The summed E-state index contributed by atoms with van der Waals surface area (Å²) in [4.78, 5) is 2.47. The lowest BCUT2D eigenvalue weighted by Gasteiger charge is -2.32. The molecule has 0 saturated carbocycles. The molecule has 2 aliphatic carbocycles. The fraction of sp³-hybridized carbons (Fsp3) is 0.0141. The summed E-state index contributed by atoms with van der Waals surface area (Å²) in [5, 5.41) is 7.10. The van der Waals surface area contributed by atoms with Crippen LogP contribution in [0.25, 0.3) is 105 Å². The van der Waals surface area contributed by atoms with Crippen LogP contribution in [0.15, 0.2) is 271 Å². The first-order valence-corrected chi connectivity index (χ1v) is 25.6. The highest BCUT2D eigenvalue weighted by Gasteiger charge is 2.52. The molecule has 0 saturated heterocycles. The van der Waals surface area contributed by atoms with Crippen molar-refractivity contribution in [2.24, 2.45) is 0 Å². The van der Waals surface area contributed by atoms with E-state index in [1.165, 1.54) is 71.7 Å². The molecule has 0 amide bonds. The summed E-state index contributed by atoms with van der Waals surface area (Å²) in [6.45, 7) is 0. The second kappa shape index (κ2) is 15.6. The molecule has 0 fully saturated rings. The lowest BCUT2D eigenvalue weighted by atomic mass is 9.70. The summed E-state index contributed by atoms with van der Waals surface area (Å²) in [7, 11) is 0. The van der Waals surface area contributed by atoms with Gasteiger partial charge in [0.25, 0.3) is 0 Å². The molecule has 3 heteroatoms. The van der Waals surface area contributed by atoms with Gasteiger partial charge in [-0.2, -0.15) is 0 Å². The van der Waals surface area contributed by atoms with Crippen LogP contribution in [0.5, 0.6) is 0 Å². The number of nitrogens with zero attached hydrogens (tertiary/aromatic N) is 2. The van der Waals surface area contributed by atoms with Crippen molar-refractivity contribution in [1.82, 2.24) is 4.57 Å². The Kier molecular flexibility index (Phi) is 8.66. The zero-order valence-electron chi connectivity index (χ0n) is 40.2. The van der Waals surface area contributed by atoms with Gasteiger partial charge in [0.1, 0.15) is 11.2 Å². The first kappa shape index (κ1) is 41.0. The first-order valence-electron chi connectivity index (χ1n) is 25.6. The lowest BCUT2D eigenvalue weighted by molar-refractivity contribution is 0.673. The van der Waals surface area contributed by atoms with Crippen molar-refractivity contribution in [1.29, 1.82) is 0 Å². The van der Waals surface area contributed by atoms with E-state index in [1.54, 1.807) is 0 Å². The Hall–Kier alpha value is -9.70. The maximum Gasteiger partial charge on any atom is 0.143 e. The molecule has 0 atom stereocenters. The molecule has 0 aliphatic heterocycles. The van der Waals surface area contributed by atoms with E-state index < -0.39 is 5.41 Å². The number of anilines is 3. The van der Waals surface area contributed by atoms with Gasteiger partial charge in [0, 0.05) is 49.6 Å². The van der Waals surface area contributed by atoms with Crippen molar-refractivity contribution in [3.63, 3.8) is 0 Å². The predicted molar refractivity (Wildman–Crippen MR) is 307 cm³/mol. The first-order chi connectivity index (χ1) is 36.7. The van der Waals surface area contributed by atoms with Gasteiger partial charge in [-0.15, -0.1) is 0 Å². The second-order valence-electron chi connectivity index (χ2n) is 19.9. The molecule has 14 aromatic rings. The van der Waals surface area contributed by atoms with E-state index in [2.05, 4.69) is 276 Å². The standard InChI is InChI=1S/C71H44N2O/c1-2-18-53-47(15-1)35-42-59-58-41-36-49(44-68(58)74-70(53)59)46-33-39-51(40-34-46)72(50-37-31-45(32-38-50)48-16-13-17-52(43-48)73-65-28-11-6-21-56(65)57-22-7-12-29-66(57)73)67-30-14-27-64-69(67)60-23-5-10-26-63(60)71(64)61-24-8-3-19-54(61)55-20-4-9-25-62(55)71/h1-44H. The average Bonchev–Trinajstić information content (AvgIpc) is 4.21. The Morgan fingerprint density at radius 2 is 0.851 bits per heavy atom. The molecular formula is C71H44N2O. The van der Waals surface area contributed by atoms with Gasteiger partial charge in [-0.3, -0.25) is 0 Å². The van der Waals surface area contributed by atoms with E-state index in [1.807, 2.05) is 0 Å². The normalized spacial score (nSPS) is 13.0. The van der Waals surface area contributed by atoms with Crippen LogP contribution in [0.3, 0.4) is 0 Å². The molecule has 0 unspecified atom stereocenters. The molecule has 344 valence electrons. The Labute approximate surface area is 428 Å². The van der Waals surface area contributed by atoms with E-state index >= 15 is 0 Å².